The number of aromatic nitrogens is 3. The Kier molecular flexibility index (Phi) is 3.76. The number of morpholine rings is 1. The van der Waals surface area contributed by atoms with Crippen LogP contribution in [-0.2, 0) is 22.6 Å². The first-order valence-corrected chi connectivity index (χ1v) is 8.15. The standard InChI is InChI=1S/C16H27N5O2/c1-11-17-18-13-8-19(6)12(7-20(11)13)14(22)21-9-16(4,5)23-10-15(21,2)3/h12H,7-10H2,1-6H3. The number of hydrogen-bond donors (Lipinski definition) is 0. The lowest BCUT2D eigenvalue weighted by Gasteiger charge is -2.50. The quantitative estimate of drug-likeness (QED) is 0.766. The van der Waals surface area contributed by atoms with Crippen LogP contribution in [0.1, 0.15) is 39.3 Å². The molecule has 128 valence electrons. The number of ether oxygens (including phenoxy) is 1. The summed E-state index contributed by atoms with van der Waals surface area (Å²) in [5.74, 6) is 1.95. The van der Waals surface area contributed by atoms with Crippen LogP contribution >= 0.6 is 0 Å². The molecule has 1 aromatic rings. The zero-order valence-corrected chi connectivity index (χ0v) is 15.0. The van der Waals surface area contributed by atoms with Gasteiger partial charge in [-0.3, -0.25) is 9.69 Å². The van der Waals surface area contributed by atoms with Gasteiger partial charge in [-0.1, -0.05) is 0 Å². The largest absolute Gasteiger partial charge is 0.371 e. The zero-order valence-electron chi connectivity index (χ0n) is 15.0. The van der Waals surface area contributed by atoms with Crippen LogP contribution < -0.4 is 0 Å². The maximum Gasteiger partial charge on any atom is 0.242 e. The Morgan fingerprint density at radius 2 is 1.96 bits per heavy atom. The monoisotopic (exact) mass is 321 g/mol. The number of aryl methyl sites for hydroxylation is 1. The van der Waals surface area contributed by atoms with Crippen LogP contribution in [0.5, 0.6) is 0 Å². The highest BCUT2D eigenvalue weighted by Crippen LogP contribution is 2.30. The molecule has 0 N–H and O–H groups in total. The molecule has 1 saturated heterocycles. The van der Waals surface area contributed by atoms with Gasteiger partial charge in [0.05, 0.1) is 30.8 Å². The Hall–Kier alpha value is -1.47. The smallest absolute Gasteiger partial charge is 0.242 e. The Morgan fingerprint density at radius 3 is 2.65 bits per heavy atom. The van der Waals surface area contributed by atoms with E-state index < -0.39 is 0 Å². The molecular formula is C16H27N5O2. The van der Waals surface area contributed by atoms with Crippen LogP contribution in [0.25, 0.3) is 0 Å². The van der Waals surface area contributed by atoms with Crippen molar-refractivity contribution in [1.29, 1.82) is 0 Å². The van der Waals surface area contributed by atoms with Gasteiger partial charge in [0, 0.05) is 6.54 Å². The predicted octanol–water partition coefficient (Wildman–Crippen LogP) is 0.817. The fourth-order valence-electron chi connectivity index (χ4n) is 3.34. The third kappa shape index (κ3) is 2.87. The molecule has 1 aromatic heterocycles. The third-order valence-electron chi connectivity index (χ3n) is 4.93. The van der Waals surface area contributed by atoms with Crippen LogP contribution in [0.15, 0.2) is 0 Å². The molecule has 0 radical (unpaired) electrons. The predicted molar refractivity (Wildman–Crippen MR) is 85.8 cm³/mol. The fourth-order valence-corrected chi connectivity index (χ4v) is 3.34. The van der Waals surface area contributed by atoms with Crippen molar-refractivity contribution in [2.45, 2.75) is 64.9 Å². The van der Waals surface area contributed by atoms with Crippen molar-refractivity contribution in [2.75, 3.05) is 20.2 Å². The highest BCUT2D eigenvalue weighted by molar-refractivity contribution is 5.83. The molecule has 2 aliphatic heterocycles. The number of hydrogen-bond acceptors (Lipinski definition) is 5. The Bertz CT molecular complexity index is 622. The zero-order chi connectivity index (χ0) is 17.0. The SMILES string of the molecule is Cc1nnc2n1CC(C(=O)N1CC(C)(C)OCC1(C)C)N(C)C2. The molecule has 2 aliphatic rings. The van der Waals surface area contributed by atoms with Crippen LogP contribution in [0.3, 0.4) is 0 Å². The molecule has 1 amide bonds. The lowest BCUT2D eigenvalue weighted by Crippen LogP contribution is -2.65. The van der Waals surface area contributed by atoms with Crippen LogP contribution in [0.4, 0.5) is 0 Å². The number of amides is 1. The highest BCUT2D eigenvalue weighted by atomic mass is 16.5. The minimum atomic E-state index is -0.309. The fraction of sp³-hybridized carbons (Fsp3) is 0.812. The van der Waals surface area contributed by atoms with Gasteiger partial charge < -0.3 is 14.2 Å². The molecule has 3 rings (SSSR count). The van der Waals surface area contributed by atoms with E-state index in [-0.39, 0.29) is 23.1 Å². The van der Waals surface area contributed by atoms with E-state index in [4.69, 9.17) is 4.74 Å². The summed E-state index contributed by atoms with van der Waals surface area (Å²) in [5, 5.41) is 8.32. The van der Waals surface area contributed by atoms with Crippen molar-refractivity contribution in [3.63, 3.8) is 0 Å². The molecule has 7 nitrogen and oxygen atoms in total. The summed E-state index contributed by atoms with van der Waals surface area (Å²) in [5.41, 5.74) is -0.605. The first-order chi connectivity index (χ1) is 10.6. The molecular weight excluding hydrogens is 294 g/mol. The summed E-state index contributed by atoms with van der Waals surface area (Å²) in [6.45, 7) is 12.6. The number of fused-ring (bicyclic) bond motifs is 1. The summed E-state index contributed by atoms with van der Waals surface area (Å²) in [4.78, 5) is 17.3. The molecule has 23 heavy (non-hydrogen) atoms. The van der Waals surface area contributed by atoms with Gasteiger partial charge in [0.15, 0.2) is 0 Å². The average molecular weight is 321 g/mol. The molecule has 0 aromatic carbocycles. The summed E-state index contributed by atoms with van der Waals surface area (Å²) in [6, 6.07) is -0.189. The molecule has 0 saturated carbocycles. The lowest BCUT2D eigenvalue weighted by atomic mass is 9.94. The molecule has 1 fully saturated rings. The normalized spacial score (nSPS) is 26.9. The van der Waals surface area contributed by atoms with Gasteiger partial charge in [-0.2, -0.15) is 0 Å². The molecule has 0 spiro atoms. The second-order valence-corrected chi connectivity index (χ2v) is 7.99. The third-order valence-corrected chi connectivity index (χ3v) is 4.93. The van der Waals surface area contributed by atoms with Crippen molar-refractivity contribution < 1.29 is 9.53 Å². The van der Waals surface area contributed by atoms with Gasteiger partial charge in [-0.25, -0.2) is 0 Å². The Balaban J connectivity index is 1.86. The van der Waals surface area contributed by atoms with Gasteiger partial charge >= 0.3 is 0 Å². The van der Waals surface area contributed by atoms with Gasteiger partial charge in [-0.05, 0) is 41.7 Å². The molecule has 0 aliphatic carbocycles. The van der Waals surface area contributed by atoms with Crippen LogP contribution in [-0.4, -0.2) is 67.9 Å². The minimum absolute atomic E-state index is 0.160. The van der Waals surface area contributed by atoms with Crippen molar-refractivity contribution in [3.05, 3.63) is 11.6 Å². The van der Waals surface area contributed by atoms with Gasteiger partial charge in [0.2, 0.25) is 5.91 Å². The summed E-state index contributed by atoms with van der Waals surface area (Å²) in [7, 11) is 1.98. The Labute approximate surface area is 137 Å². The van der Waals surface area contributed by atoms with Crippen molar-refractivity contribution in [3.8, 4) is 0 Å². The van der Waals surface area contributed by atoms with Crippen molar-refractivity contribution in [1.82, 2.24) is 24.6 Å². The van der Waals surface area contributed by atoms with E-state index in [0.29, 0.717) is 26.2 Å². The van der Waals surface area contributed by atoms with Gasteiger partial charge in [-0.15, -0.1) is 10.2 Å². The second-order valence-electron chi connectivity index (χ2n) is 7.99. The number of likely N-dealkylation sites (N-methyl/N-ethyl adjacent to an activating group) is 1. The highest BCUT2D eigenvalue weighted by Gasteiger charge is 2.45. The molecule has 0 bridgehead atoms. The van der Waals surface area contributed by atoms with E-state index in [9.17, 15) is 4.79 Å². The van der Waals surface area contributed by atoms with E-state index in [2.05, 4.69) is 33.5 Å². The topological polar surface area (TPSA) is 63.5 Å². The van der Waals surface area contributed by atoms with Crippen LogP contribution in [0.2, 0.25) is 0 Å². The van der Waals surface area contributed by atoms with Crippen molar-refractivity contribution >= 4 is 5.91 Å². The maximum atomic E-state index is 13.3. The summed E-state index contributed by atoms with van der Waals surface area (Å²) < 4.78 is 7.96. The van der Waals surface area contributed by atoms with E-state index in [1.54, 1.807) is 0 Å². The van der Waals surface area contributed by atoms with E-state index >= 15 is 0 Å². The average Bonchev–Trinajstić information content (AvgIpc) is 2.81. The molecule has 7 heteroatoms. The van der Waals surface area contributed by atoms with E-state index in [1.807, 2.05) is 32.7 Å². The first-order valence-electron chi connectivity index (χ1n) is 8.15. The van der Waals surface area contributed by atoms with Crippen molar-refractivity contribution in [2.24, 2.45) is 0 Å². The Morgan fingerprint density at radius 1 is 1.26 bits per heavy atom. The van der Waals surface area contributed by atoms with Gasteiger partial charge in [0.25, 0.3) is 0 Å². The van der Waals surface area contributed by atoms with Crippen LogP contribution in [0, 0.1) is 6.92 Å². The van der Waals surface area contributed by atoms with E-state index in [0.717, 1.165) is 11.6 Å². The first kappa shape index (κ1) is 16.4. The number of nitrogens with zero attached hydrogens (tertiary/aromatic N) is 5. The molecule has 1 atom stereocenters. The number of rotatable bonds is 1. The summed E-state index contributed by atoms with van der Waals surface area (Å²) >= 11 is 0. The number of carbonyl (C=O) groups excluding carboxylic acids is 1. The molecule has 1 unspecified atom stereocenters. The second kappa shape index (κ2) is 5.27. The summed E-state index contributed by atoms with van der Waals surface area (Å²) in [6.07, 6.45) is 0. The minimum Gasteiger partial charge on any atom is -0.371 e. The maximum absolute atomic E-state index is 13.3. The number of carbonyl (C=O) groups is 1. The van der Waals surface area contributed by atoms with Gasteiger partial charge in [0.1, 0.15) is 17.7 Å². The molecule has 3 heterocycles. The van der Waals surface area contributed by atoms with E-state index in [1.165, 1.54) is 0 Å². The lowest BCUT2D eigenvalue weighted by molar-refractivity contribution is -0.174.